The van der Waals surface area contributed by atoms with Crippen molar-refractivity contribution < 1.29 is 4.74 Å². The molecule has 0 atom stereocenters. The van der Waals surface area contributed by atoms with E-state index >= 15 is 0 Å². The first kappa shape index (κ1) is 13.3. The van der Waals surface area contributed by atoms with Gasteiger partial charge in [0.2, 0.25) is 5.88 Å². The lowest BCUT2D eigenvalue weighted by molar-refractivity contribution is 0.395. The molecule has 0 spiro atoms. The molecular weight excluding hydrogens is 242 g/mol. The minimum absolute atomic E-state index is 0.601. The number of aromatic nitrogens is 4. The molecule has 0 fully saturated rings. The van der Waals surface area contributed by atoms with E-state index in [-0.39, 0.29) is 0 Å². The van der Waals surface area contributed by atoms with Crippen molar-refractivity contribution in [2.24, 2.45) is 0 Å². The van der Waals surface area contributed by atoms with Crippen LogP contribution in [0.25, 0.3) is 0 Å². The summed E-state index contributed by atoms with van der Waals surface area (Å²) in [5.41, 5.74) is 0. The van der Waals surface area contributed by atoms with E-state index in [1.165, 1.54) is 0 Å². The van der Waals surface area contributed by atoms with Gasteiger partial charge in [-0.3, -0.25) is 0 Å². The molecule has 0 saturated heterocycles. The summed E-state index contributed by atoms with van der Waals surface area (Å²) < 4.78 is 7.21. The third kappa shape index (κ3) is 3.94. The molecule has 2 aromatic rings. The molecule has 0 unspecified atom stereocenters. The number of anilines is 1. The number of hydrogen-bond acceptors (Lipinski definition) is 5. The lowest BCUT2D eigenvalue weighted by atomic mass is 10.4. The smallest absolute Gasteiger partial charge is 0.218 e. The fourth-order valence-corrected chi connectivity index (χ4v) is 1.72. The van der Waals surface area contributed by atoms with E-state index in [0.717, 1.165) is 37.6 Å². The highest BCUT2D eigenvalue weighted by atomic mass is 16.5. The minimum atomic E-state index is 0.601. The average molecular weight is 261 g/mol. The first-order valence-electron chi connectivity index (χ1n) is 6.43. The van der Waals surface area contributed by atoms with Crippen LogP contribution >= 0.6 is 0 Å². The molecule has 0 amide bonds. The number of imidazole rings is 1. The van der Waals surface area contributed by atoms with Crippen molar-refractivity contribution in [3.05, 3.63) is 30.6 Å². The van der Waals surface area contributed by atoms with Gasteiger partial charge in [0.25, 0.3) is 0 Å². The summed E-state index contributed by atoms with van der Waals surface area (Å²) >= 11 is 0. The van der Waals surface area contributed by atoms with E-state index in [9.17, 15) is 0 Å². The van der Waals surface area contributed by atoms with Gasteiger partial charge in [0.05, 0.1) is 13.4 Å². The number of rotatable bonds is 7. The van der Waals surface area contributed by atoms with Crippen LogP contribution in [-0.2, 0) is 13.0 Å². The van der Waals surface area contributed by atoms with Gasteiger partial charge in [0.1, 0.15) is 11.6 Å². The Bertz CT molecular complexity index is 475. The van der Waals surface area contributed by atoms with E-state index in [0.29, 0.717) is 5.88 Å². The summed E-state index contributed by atoms with van der Waals surface area (Å²) in [6.07, 6.45) is 7.37. The van der Waals surface area contributed by atoms with E-state index in [1.807, 2.05) is 25.5 Å². The Labute approximate surface area is 112 Å². The average Bonchev–Trinajstić information content (AvgIpc) is 2.96. The monoisotopic (exact) mass is 261 g/mol. The number of ether oxygens (including phenoxy) is 1. The summed E-state index contributed by atoms with van der Waals surface area (Å²) in [4.78, 5) is 12.7. The lowest BCUT2D eigenvalue weighted by Crippen LogP contribution is -2.08. The van der Waals surface area contributed by atoms with Crippen LogP contribution in [0.15, 0.2) is 24.8 Å². The second kappa shape index (κ2) is 6.72. The molecule has 0 aliphatic carbocycles. The van der Waals surface area contributed by atoms with Crippen LogP contribution in [0, 0.1) is 0 Å². The number of nitrogens with one attached hydrogen (secondary N) is 1. The molecule has 19 heavy (non-hydrogen) atoms. The molecule has 0 radical (unpaired) electrons. The van der Waals surface area contributed by atoms with Crippen molar-refractivity contribution in [3.63, 3.8) is 0 Å². The molecule has 0 saturated carbocycles. The summed E-state index contributed by atoms with van der Waals surface area (Å²) in [5.74, 6) is 2.20. The number of nitrogens with zero attached hydrogens (tertiary/aromatic N) is 4. The summed E-state index contributed by atoms with van der Waals surface area (Å²) in [6, 6.07) is 1.82. The van der Waals surface area contributed by atoms with Crippen LogP contribution < -0.4 is 10.1 Å². The molecule has 2 heterocycles. The van der Waals surface area contributed by atoms with Gasteiger partial charge in [-0.25, -0.2) is 9.97 Å². The maximum atomic E-state index is 5.16. The highest BCUT2D eigenvalue weighted by molar-refractivity contribution is 5.38. The molecule has 0 aromatic carbocycles. The zero-order chi connectivity index (χ0) is 13.5. The molecule has 6 heteroatoms. The molecule has 0 aliphatic rings. The van der Waals surface area contributed by atoms with Crippen molar-refractivity contribution in [1.29, 1.82) is 0 Å². The summed E-state index contributed by atoms with van der Waals surface area (Å²) in [7, 11) is 1.62. The molecule has 1 N–H and O–H groups in total. The van der Waals surface area contributed by atoms with Crippen molar-refractivity contribution in [2.75, 3.05) is 19.0 Å². The van der Waals surface area contributed by atoms with Crippen LogP contribution in [-0.4, -0.2) is 33.2 Å². The fourth-order valence-electron chi connectivity index (χ4n) is 1.72. The Kier molecular flexibility index (Phi) is 4.72. The minimum Gasteiger partial charge on any atom is -0.481 e. The Hall–Kier alpha value is -2.11. The standard InChI is InChI=1S/C13H19N5O/c1-3-11-16-12(9-13(17-11)19-2)15-5-4-7-18-8-6-14-10-18/h6,8-10H,3-5,7H2,1-2H3,(H,15,16,17). The zero-order valence-electron chi connectivity index (χ0n) is 11.3. The van der Waals surface area contributed by atoms with Crippen molar-refractivity contribution in [3.8, 4) is 5.88 Å². The molecule has 0 aliphatic heterocycles. The van der Waals surface area contributed by atoms with Crippen LogP contribution in [0.4, 0.5) is 5.82 Å². The van der Waals surface area contributed by atoms with Crippen LogP contribution in [0.5, 0.6) is 5.88 Å². The van der Waals surface area contributed by atoms with Gasteiger partial charge in [0, 0.05) is 38.0 Å². The predicted octanol–water partition coefficient (Wildman–Crippen LogP) is 1.75. The molecular formula is C13H19N5O. The maximum Gasteiger partial charge on any atom is 0.218 e. The van der Waals surface area contributed by atoms with Crippen molar-refractivity contribution in [1.82, 2.24) is 19.5 Å². The predicted molar refractivity (Wildman–Crippen MR) is 73.3 cm³/mol. The molecule has 6 nitrogen and oxygen atoms in total. The van der Waals surface area contributed by atoms with Gasteiger partial charge in [-0.2, -0.15) is 4.98 Å². The van der Waals surface area contributed by atoms with E-state index in [4.69, 9.17) is 4.74 Å². The van der Waals surface area contributed by atoms with Crippen molar-refractivity contribution in [2.45, 2.75) is 26.3 Å². The number of aryl methyl sites for hydroxylation is 2. The van der Waals surface area contributed by atoms with Crippen LogP contribution in [0.1, 0.15) is 19.2 Å². The van der Waals surface area contributed by atoms with Gasteiger partial charge in [-0.1, -0.05) is 6.92 Å². The van der Waals surface area contributed by atoms with Gasteiger partial charge >= 0.3 is 0 Å². The second-order valence-electron chi connectivity index (χ2n) is 4.15. The Morgan fingerprint density at radius 3 is 2.95 bits per heavy atom. The second-order valence-corrected chi connectivity index (χ2v) is 4.15. The Balaban J connectivity index is 1.84. The highest BCUT2D eigenvalue weighted by Gasteiger charge is 2.03. The Morgan fingerprint density at radius 2 is 2.26 bits per heavy atom. The summed E-state index contributed by atoms with van der Waals surface area (Å²) in [5, 5.41) is 3.29. The molecule has 2 aromatic heterocycles. The van der Waals surface area contributed by atoms with E-state index in [2.05, 4.69) is 24.8 Å². The van der Waals surface area contributed by atoms with E-state index in [1.54, 1.807) is 13.3 Å². The molecule has 0 bridgehead atoms. The van der Waals surface area contributed by atoms with Crippen molar-refractivity contribution >= 4 is 5.82 Å². The first-order chi connectivity index (χ1) is 9.31. The number of hydrogen-bond donors (Lipinski definition) is 1. The van der Waals surface area contributed by atoms with Crippen LogP contribution in [0.3, 0.4) is 0 Å². The third-order valence-electron chi connectivity index (χ3n) is 2.73. The fraction of sp³-hybridized carbons (Fsp3) is 0.462. The largest absolute Gasteiger partial charge is 0.481 e. The first-order valence-corrected chi connectivity index (χ1v) is 6.43. The topological polar surface area (TPSA) is 64.9 Å². The van der Waals surface area contributed by atoms with Gasteiger partial charge in [-0.05, 0) is 6.42 Å². The van der Waals surface area contributed by atoms with Gasteiger partial charge < -0.3 is 14.6 Å². The quantitative estimate of drug-likeness (QED) is 0.769. The lowest BCUT2D eigenvalue weighted by Gasteiger charge is -2.09. The highest BCUT2D eigenvalue weighted by Crippen LogP contribution is 2.13. The maximum absolute atomic E-state index is 5.16. The van der Waals surface area contributed by atoms with Crippen LogP contribution in [0.2, 0.25) is 0 Å². The molecule has 2 rings (SSSR count). The van der Waals surface area contributed by atoms with Gasteiger partial charge in [-0.15, -0.1) is 0 Å². The number of methoxy groups -OCH3 is 1. The van der Waals surface area contributed by atoms with Gasteiger partial charge in [0.15, 0.2) is 0 Å². The van der Waals surface area contributed by atoms with E-state index < -0.39 is 0 Å². The third-order valence-corrected chi connectivity index (χ3v) is 2.73. The normalized spacial score (nSPS) is 10.4. The molecule has 102 valence electrons. The zero-order valence-corrected chi connectivity index (χ0v) is 11.3. The SMILES string of the molecule is CCc1nc(NCCCn2ccnc2)cc(OC)n1. The Morgan fingerprint density at radius 1 is 1.37 bits per heavy atom. The summed E-state index contributed by atoms with van der Waals surface area (Å²) in [6.45, 7) is 3.81.